The average Bonchev–Trinajstić information content (AvgIpc) is 2.41. The minimum atomic E-state index is 0.123. The van der Waals surface area contributed by atoms with Gasteiger partial charge in [-0.05, 0) is 42.5 Å². The van der Waals surface area contributed by atoms with Crippen LogP contribution in [-0.2, 0) is 6.42 Å². The summed E-state index contributed by atoms with van der Waals surface area (Å²) < 4.78 is 0. The van der Waals surface area contributed by atoms with Crippen molar-refractivity contribution in [1.82, 2.24) is 4.98 Å². The number of nitrogens with zero attached hydrogens (tertiary/aromatic N) is 1. The lowest BCUT2D eigenvalue weighted by Crippen LogP contribution is -1.92. The van der Waals surface area contributed by atoms with E-state index in [1.807, 2.05) is 30.6 Å². The van der Waals surface area contributed by atoms with Crippen LogP contribution in [0.2, 0.25) is 0 Å². The van der Waals surface area contributed by atoms with Crippen molar-refractivity contribution in [2.45, 2.75) is 24.6 Å². The molecule has 0 aliphatic heterocycles. The van der Waals surface area contributed by atoms with Crippen LogP contribution in [0, 0.1) is 0 Å². The molecule has 2 rings (SSSR count). The second-order valence-electron chi connectivity index (χ2n) is 4.13. The van der Waals surface area contributed by atoms with Crippen LogP contribution in [0.1, 0.15) is 29.3 Å². The molecule has 0 aliphatic carbocycles. The first-order valence-corrected chi connectivity index (χ1v) is 6.38. The molecule has 2 aromatic rings. The Balaban J connectivity index is 1.79. The van der Waals surface area contributed by atoms with E-state index in [1.54, 1.807) is 0 Å². The highest BCUT2D eigenvalue weighted by atomic mass is 35.5. The monoisotopic (exact) mass is 245 g/mol. The van der Waals surface area contributed by atoms with Crippen molar-refractivity contribution in [3.8, 4) is 0 Å². The quantitative estimate of drug-likeness (QED) is 0.713. The molecule has 1 aromatic carbocycles. The zero-order chi connectivity index (χ0) is 11.9. The first-order valence-electron chi connectivity index (χ1n) is 5.94. The van der Waals surface area contributed by atoms with Crippen molar-refractivity contribution >= 4 is 11.6 Å². The minimum Gasteiger partial charge on any atom is -0.265 e. The van der Waals surface area contributed by atoms with Crippen molar-refractivity contribution in [3.63, 3.8) is 0 Å². The van der Waals surface area contributed by atoms with E-state index in [2.05, 4.69) is 29.2 Å². The van der Waals surface area contributed by atoms with Gasteiger partial charge in [0.2, 0.25) is 0 Å². The van der Waals surface area contributed by atoms with Gasteiger partial charge in [-0.25, -0.2) is 0 Å². The molecule has 0 spiro atoms. The summed E-state index contributed by atoms with van der Waals surface area (Å²) in [5.41, 5.74) is 2.54. The maximum absolute atomic E-state index is 6.36. The number of benzene rings is 1. The lowest BCUT2D eigenvalue weighted by atomic mass is 10.0. The molecule has 88 valence electrons. The van der Waals surface area contributed by atoms with Gasteiger partial charge in [0.25, 0.3) is 0 Å². The summed E-state index contributed by atoms with van der Waals surface area (Å²) in [5, 5.41) is 0.123. The van der Waals surface area contributed by atoms with Crippen LogP contribution in [0.15, 0.2) is 54.9 Å². The molecule has 1 atom stereocenters. The number of alkyl halides is 1. The third-order valence-electron chi connectivity index (χ3n) is 2.83. The van der Waals surface area contributed by atoms with E-state index in [4.69, 9.17) is 11.6 Å². The van der Waals surface area contributed by atoms with Gasteiger partial charge in [-0.15, -0.1) is 11.6 Å². The van der Waals surface area contributed by atoms with Gasteiger partial charge in [0.1, 0.15) is 0 Å². The molecule has 0 amide bonds. The van der Waals surface area contributed by atoms with Crippen molar-refractivity contribution in [1.29, 1.82) is 0 Å². The van der Waals surface area contributed by atoms with Crippen molar-refractivity contribution in [3.05, 3.63) is 66.0 Å². The predicted molar refractivity (Wildman–Crippen MR) is 72.2 cm³/mol. The Bertz CT molecular complexity index is 427. The highest BCUT2D eigenvalue weighted by Crippen LogP contribution is 2.25. The molecular formula is C15H16ClN. The van der Waals surface area contributed by atoms with Crippen molar-refractivity contribution in [2.24, 2.45) is 0 Å². The number of hydrogen-bond donors (Lipinski definition) is 0. The van der Waals surface area contributed by atoms with Crippen LogP contribution in [0.4, 0.5) is 0 Å². The molecule has 0 fully saturated rings. The predicted octanol–water partition coefficient (Wildman–Crippen LogP) is 4.38. The Morgan fingerprint density at radius 2 is 1.71 bits per heavy atom. The van der Waals surface area contributed by atoms with Crippen LogP contribution in [0.5, 0.6) is 0 Å². The van der Waals surface area contributed by atoms with Gasteiger partial charge in [0, 0.05) is 12.4 Å². The number of aryl methyl sites for hydroxylation is 1. The number of halogens is 1. The topological polar surface area (TPSA) is 12.9 Å². The fourth-order valence-electron chi connectivity index (χ4n) is 1.86. The van der Waals surface area contributed by atoms with Gasteiger partial charge in [-0.1, -0.05) is 30.3 Å². The molecule has 17 heavy (non-hydrogen) atoms. The van der Waals surface area contributed by atoms with Crippen LogP contribution in [0.25, 0.3) is 0 Å². The maximum Gasteiger partial charge on any atom is 0.0585 e. The van der Waals surface area contributed by atoms with Crippen LogP contribution >= 0.6 is 11.6 Å². The van der Waals surface area contributed by atoms with Gasteiger partial charge in [-0.2, -0.15) is 0 Å². The fraction of sp³-hybridized carbons (Fsp3) is 0.267. The van der Waals surface area contributed by atoms with E-state index in [-0.39, 0.29) is 5.38 Å². The molecular weight excluding hydrogens is 230 g/mol. The van der Waals surface area contributed by atoms with E-state index < -0.39 is 0 Å². The second-order valence-corrected chi connectivity index (χ2v) is 4.65. The zero-order valence-corrected chi connectivity index (χ0v) is 10.5. The Hall–Kier alpha value is -1.34. The first kappa shape index (κ1) is 12.1. The third-order valence-corrected chi connectivity index (χ3v) is 3.30. The van der Waals surface area contributed by atoms with Crippen LogP contribution in [-0.4, -0.2) is 4.98 Å². The number of aromatic nitrogens is 1. The molecule has 2 heteroatoms. The lowest BCUT2D eigenvalue weighted by molar-refractivity contribution is 0.716. The second kappa shape index (κ2) is 6.41. The molecule has 0 radical (unpaired) electrons. The Kier molecular flexibility index (Phi) is 4.57. The SMILES string of the molecule is ClC(CCCc1ccncc1)c1ccccc1. The largest absolute Gasteiger partial charge is 0.265 e. The van der Waals surface area contributed by atoms with Gasteiger partial charge < -0.3 is 0 Å². The van der Waals surface area contributed by atoms with E-state index in [1.165, 1.54) is 11.1 Å². The Morgan fingerprint density at radius 3 is 2.41 bits per heavy atom. The summed E-state index contributed by atoms with van der Waals surface area (Å²) in [7, 11) is 0. The van der Waals surface area contributed by atoms with Gasteiger partial charge in [-0.3, -0.25) is 4.98 Å². The summed E-state index contributed by atoms with van der Waals surface area (Å²) in [5.74, 6) is 0. The highest BCUT2D eigenvalue weighted by Gasteiger charge is 2.06. The summed E-state index contributed by atoms with van der Waals surface area (Å²) >= 11 is 6.36. The lowest BCUT2D eigenvalue weighted by Gasteiger charge is -2.09. The van der Waals surface area contributed by atoms with E-state index in [0.717, 1.165) is 19.3 Å². The first-order chi connectivity index (χ1) is 8.36. The number of rotatable bonds is 5. The van der Waals surface area contributed by atoms with Crippen LogP contribution in [0.3, 0.4) is 0 Å². The van der Waals surface area contributed by atoms with Crippen LogP contribution < -0.4 is 0 Å². The number of pyridine rings is 1. The van der Waals surface area contributed by atoms with E-state index >= 15 is 0 Å². The molecule has 0 saturated heterocycles. The molecule has 1 unspecified atom stereocenters. The maximum atomic E-state index is 6.36. The summed E-state index contributed by atoms with van der Waals surface area (Å²) in [4.78, 5) is 4.01. The molecule has 1 aromatic heterocycles. The Labute approximate surface area is 107 Å². The molecule has 1 heterocycles. The van der Waals surface area contributed by atoms with Crippen molar-refractivity contribution < 1.29 is 0 Å². The number of hydrogen-bond acceptors (Lipinski definition) is 1. The fourth-order valence-corrected chi connectivity index (χ4v) is 2.16. The zero-order valence-electron chi connectivity index (χ0n) is 9.72. The van der Waals surface area contributed by atoms with Gasteiger partial charge in [0.05, 0.1) is 5.38 Å². The van der Waals surface area contributed by atoms with Crippen molar-refractivity contribution in [2.75, 3.05) is 0 Å². The standard InChI is InChI=1S/C15H16ClN/c16-15(14-6-2-1-3-7-14)8-4-5-13-9-11-17-12-10-13/h1-3,6-7,9-12,15H,4-5,8H2. The smallest absolute Gasteiger partial charge is 0.0585 e. The minimum absolute atomic E-state index is 0.123. The average molecular weight is 246 g/mol. The Morgan fingerprint density at radius 1 is 1.00 bits per heavy atom. The molecule has 0 aliphatic rings. The third kappa shape index (κ3) is 3.86. The van der Waals surface area contributed by atoms with Gasteiger partial charge >= 0.3 is 0 Å². The molecule has 1 nitrogen and oxygen atoms in total. The molecule has 0 bridgehead atoms. The van der Waals surface area contributed by atoms with Gasteiger partial charge in [0.15, 0.2) is 0 Å². The summed E-state index contributed by atoms with van der Waals surface area (Å²) in [6.45, 7) is 0. The molecule has 0 saturated carbocycles. The highest BCUT2D eigenvalue weighted by molar-refractivity contribution is 6.20. The summed E-state index contributed by atoms with van der Waals surface area (Å²) in [6, 6.07) is 14.4. The van der Waals surface area contributed by atoms with E-state index in [0.29, 0.717) is 0 Å². The summed E-state index contributed by atoms with van der Waals surface area (Å²) in [6.07, 6.45) is 6.86. The normalized spacial score (nSPS) is 12.3. The van der Waals surface area contributed by atoms with E-state index in [9.17, 15) is 0 Å². The molecule has 0 N–H and O–H groups in total.